The van der Waals surface area contributed by atoms with Gasteiger partial charge in [-0.05, 0) is 83.5 Å². The topological polar surface area (TPSA) is 178 Å². The Morgan fingerprint density at radius 1 is 0.661 bits per heavy atom. The van der Waals surface area contributed by atoms with Crippen molar-refractivity contribution in [2.24, 2.45) is 0 Å². The smallest absolute Gasteiger partial charge is 0.397 e. The van der Waals surface area contributed by atoms with Gasteiger partial charge in [0.2, 0.25) is 0 Å². The molecule has 0 aromatic carbocycles. The Bertz CT molecular complexity index is 1350. The highest BCUT2D eigenvalue weighted by atomic mass is 32.3. The summed E-state index contributed by atoms with van der Waals surface area (Å²) in [5.74, 6) is -0.434. The van der Waals surface area contributed by atoms with E-state index in [-0.39, 0.29) is 19.6 Å². The number of aliphatic hydroxyl groups is 3. The van der Waals surface area contributed by atoms with Gasteiger partial charge in [0, 0.05) is 13.0 Å². The third kappa shape index (κ3) is 30.9. The summed E-state index contributed by atoms with van der Waals surface area (Å²) < 4.78 is 58.9. The van der Waals surface area contributed by atoms with E-state index in [1.807, 2.05) is 0 Å². The average Bonchev–Trinajstić information content (AvgIpc) is 3.20. The quantitative estimate of drug-likeness (QED) is 0.0204. The Balaban J connectivity index is 2.50. The highest BCUT2D eigenvalue weighted by molar-refractivity contribution is 7.80. The first-order valence-corrected chi connectivity index (χ1v) is 23.2. The first-order valence-electron chi connectivity index (χ1n) is 21.8. The summed E-state index contributed by atoms with van der Waals surface area (Å²) in [4.78, 5) is 12.8. The summed E-state index contributed by atoms with van der Waals surface area (Å²) in [5.41, 5.74) is 0. The molecule has 59 heavy (non-hydrogen) atoms. The number of hydrogen-bond acceptors (Lipinski definition) is 11. The molecule has 0 radical (unpaired) electrons. The normalized spacial score (nSPS) is 21.2. The second-order valence-corrected chi connectivity index (χ2v) is 15.6. The minimum Gasteiger partial charge on any atom is -0.457 e. The Labute approximate surface area is 355 Å². The maximum atomic E-state index is 12.8. The molecule has 0 aromatic heterocycles. The molecule has 12 nitrogen and oxygen atoms in total. The Morgan fingerprint density at radius 3 is 1.73 bits per heavy atom. The van der Waals surface area contributed by atoms with Crippen molar-refractivity contribution < 1.29 is 56.2 Å². The first-order chi connectivity index (χ1) is 28.6. The molecular weight excluding hydrogens is 777 g/mol. The number of ether oxygens (including phenoxy) is 4. The van der Waals surface area contributed by atoms with Crippen LogP contribution in [0, 0.1) is 0 Å². The van der Waals surface area contributed by atoms with Crippen molar-refractivity contribution in [2.75, 3.05) is 26.4 Å². The fraction of sp³-hybridized carbons (Fsp3) is 0.674. The standard InChI is InChI=1S/C46H76O12S/c1-3-5-7-9-11-13-15-17-18-19-20-21-22-23-24-26-28-30-32-34-36-54-38-40(56-42(48)35-33-31-29-27-25-16-14-12-10-8-6-4-2)39-55-46-44(50)45(58-59(51,52)53)43(49)41(37-47)57-46/h5,7,11-14,17-18,20-21,23-24,28,30,40-41,43-47,49-50H,3-4,6,8-10,15-16,19,22,25-27,29,31-39H2,1-2H3,(H,51,52,53)/b7-5-,13-11-,14-12-,18-17-,21-20-,24-23-,30-28-. The fourth-order valence-corrected chi connectivity index (χ4v) is 6.48. The van der Waals surface area contributed by atoms with Crippen molar-refractivity contribution in [3.8, 4) is 0 Å². The average molecular weight is 853 g/mol. The molecular formula is C46H76O12S. The number of esters is 1. The van der Waals surface area contributed by atoms with Crippen LogP contribution in [0.5, 0.6) is 0 Å². The van der Waals surface area contributed by atoms with Gasteiger partial charge in [-0.15, -0.1) is 0 Å². The van der Waals surface area contributed by atoms with E-state index >= 15 is 0 Å². The number of carbonyl (C=O) groups excluding carboxylic acids is 1. The lowest BCUT2D eigenvalue weighted by Crippen LogP contribution is -2.60. The van der Waals surface area contributed by atoms with Crippen molar-refractivity contribution in [1.82, 2.24) is 0 Å². The predicted molar refractivity (Wildman–Crippen MR) is 234 cm³/mol. The molecule has 0 aliphatic carbocycles. The van der Waals surface area contributed by atoms with Crippen LogP contribution in [0.25, 0.3) is 0 Å². The van der Waals surface area contributed by atoms with Gasteiger partial charge >= 0.3 is 16.4 Å². The molecule has 0 bridgehead atoms. The zero-order chi connectivity index (χ0) is 43.2. The van der Waals surface area contributed by atoms with Crippen LogP contribution in [0.1, 0.15) is 136 Å². The summed E-state index contributed by atoms with van der Waals surface area (Å²) in [6, 6.07) is 0. The number of allylic oxidation sites excluding steroid dienone is 14. The second kappa shape index (κ2) is 37.1. The zero-order valence-corrected chi connectivity index (χ0v) is 36.6. The van der Waals surface area contributed by atoms with Crippen LogP contribution in [0.4, 0.5) is 0 Å². The molecule has 4 N–H and O–H groups in total. The predicted octanol–water partition coefficient (Wildman–Crippen LogP) is 8.90. The minimum absolute atomic E-state index is 0.0126. The van der Waals surface area contributed by atoms with Crippen LogP contribution in [0.15, 0.2) is 85.1 Å². The van der Waals surface area contributed by atoms with Crippen molar-refractivity contribution in [2.45, 2.75) is 173 Å². The molecule has 1 saturated heterocycles. The van der Waals surface area contributed by atoms with Crippen molar-refractivity contribution in [1.29, 1.82) is 0 Å². The molecule has 0 saturated carbocycles. The summed E-state index contributed by atoms with van der Waals surface area (Å²) >= 11 is 0. The van der Waals surface area contributed by atoms with E-state index in [2.05, 4.69) is 103 Å². The van der Waals surface area contributed by atoms with E-state index in [4.69, 9.17) is 23.5 Å². The van der Waals surface area contributed by atoms with Gasteiger partial charge in [-0.1, -0.05) is 131 Å². The summed E-state index contributed by atoms with van der Waals surface area (Å²) in [6.45, 7) is 3.65. The molecule has 6 atom stereocenters. The number of aliphatic hydroxyl groups excluding tert-OH is 3. The van der Waals surface area contributed by atoms with Crippen LogP contribution in [0.2, 0.25) is 0 Å². The Morgan fingerprint density at radius 2 is 1.17 bits per heavy atom. The van der Waals surface area contributed by atoms with Crippen LogP contribution in [0.3, 0.4) is 0 Å². The van der Waals surface area contributed by atoms with E-state index in [0.717, 1.165) is 89.9 Å². The lowest BCUT2D eigenvalue weighted by molar-refractivity contribution is -0.301. The van der Waals surface area contributed by atoms with Gasteiger partial charge in [0.1, 0.15) is 30.5 Å². The van der Waals surface area contributed by atoms with Crippen molar-refractivity contribution >= 4 is 16.4 Å². The van der Waals surface area contributed by atoms with E-state index in [0.29, 0.717) is 13.0 Å². The first kappa shape index (κ1) is 54.3. The molecule has 1 heterocycles. The maximum Gasteiger partial charge on any atom is 0.397 e. The van der Waals surface area contributed by atoms with E-state index in [1.54, 1.807) is 0 Å². The second-order valence-electron chi connectivity index (χ2n) is 14.5. The van der Waals surface area contributed by atoms with Gasteiger partial charge in [-0.2, -0.15) is 8.42 Å². The number of hydrogen-bond donors (Lipinski definition) is 4. The van der Waals surface area contributed by atoms with E-state index < -0.39 is 59.8 Å². The van der Waals surface area contributed by atoms with Gasteiger partial charge in [0.05, 0.1) is 19.8 Å². The molecule has 1 aliphatic rings. The summed E-state index contributed by atoms with van der Waals surface area (Å²) in [6.07, 6.45) is 39.2. The minimum atomic E-state index is -5.07. The Hall–Kier alpha value is -2.72. The lowest BCUT2D eigenvalue weighted by atomic mass is 9.99. The highest BCUT2D eigenvalue weighted by Gasteiger charge is 2.48. The molecule has 0 aromatic rings. The third-order valence-electron chi connectivity index (χ3n) is 9.25. The van der Waals surface area contributed by atoms with Crippen molar-refractivity contribution in [3.05, 3.63) is 85.1 Å². The van der Waals surface area contributed by atoms with E-state index in [1.165, 1.54) is 19.3 Å². The van der Waals surface area contributed by atoms with Gasteiger partial charge in [0.25, 0.3) is 0 Å². The van der Waals surface area contributed by atoms with Gasteiger partial charge in [-0.25, -0.2) is 4.18 Å². The molecule has 1 aliphatic heterocycles. The monoisotopic (exact) mass is 853 g/mol. The molecule has 1 fully saturated rings. The van der Waals surface area contributed by atoms with Crippen LogP contribution >= 0.6 is 0 Å². The third-order valence-corrected chi connectivity index (χ3v) is 9.72. The molecule has 1 rings (SSSR count). The lowest BCUT2D eigenvalue weighted by Gasteiger charge is -2.41. The fourth-order valence-electron chi connectivity index (χ4n) is 5.98. The molecule has 338 valence electrons. The van der Waals surface area contributed by atoms with Crippen LogP contribution in [-0.2, 0) is 38.3 Å². The van der Waals surface area contributed by atoms with Gasteiger partial charge in [-0.3, -0.25) is 9.35 Å². The van der Waals surface area contributed by atoms with Gasteiger partial charge in [0.15, 0.2) is 6.29 Å². The van der Waals surface area contributed by atoms with Crippen LogP contribution in [-0.4, -0.2) is 97.5 Å². The largest absolute Gasteiger partial charge is 0.457 e. The SMILES string of the molecule is CC/C=C\C/C=C\C/C=C\C/C=C\C/C=C\C/C=C\CCCOCC(COC1OC(CO)C(O)C(OS(=O)(=O)O)C1O)OC(=O)CCCCCCC/C=C\CCCCC. The number of rotatable bonds is 36. The van der Waals surface area contributed by atoms with E-state index in [9.17, 15) is 28.5 Å². The maximum absolute atomic E-state index is 12.8. The molecule has 0 amide bonds. The van der Waals surface area contributed by atoms with Crippen molar-refractivity contribution in [3.63, 3.8) is 0 Å². The molecule has 0 spiro atoms. The number of carbonyl (C=O) groups is 1. The number of unbranched alkanes of at least 4 members (excludes halogenated alkanes) is 9. The summed E-state index contributed by atoms with van der Waals surface area (Å²) in [5, 5.41) is 30.6. The van der Waals surface area contributed by atoms with Crippen LogP contribution < -0.4 is 0 Å². The van der Waals surface area contributed by atoms with Gasteiger partial charge < -0.3 is 34.3 Å². The Kier molecular flexibility index (Phi) is 34.1. The highest BCUT2D eigenvalue weighted by Crippen LogP contribution is 2.26. The molecule has 6 unspecified atom stereocenters. The summed E-state index contributed by atoms with van der Waals surface area (Å²) in [7, 11) is -5.07. The zero-order valence-electron chi connectivity index (χ0n) is 35.8. The molecule has 13 heteroatoms.